The molecule has 0 aromatic heterocycles. The van der Waals surface area contributed by atoms with Crippen LogP contribution in [-0.4, -0.2) is 54.3 Å². The zero-order valence-corrected chi connectivity index (χ0v) is 15.9. The van der Waals surface area contributed by atoms with E-state index in [9.17, 15) is 9.59 Å². The summed E-state index contributed by atoms with van der Waals surface area (Å²) in [5.74, 6) is 0.0731. The summed E-state index contributed by atoms with van der Waals surface area (Å²) < 4.78 is 0. The molecule has 1 fully saturated rings. The fraction of sp³-hybridized carbons (Fsp3) is 0.556. The van der Waals surface area contributed by atoms with E-state index in [1.807, 2.05) is 4.90 Å². The second kappa shape index (κ2) is 10.00. The highest BCUT2D eigenvalue weighted by atomic mass is 35.5. The minimum absolute atomic E-state index is 0.0988. The van der Waals surface area contributed by atoms with Crippen LogP contribution in [0.15, 0.2) is 18.2 Å². The number of benzene rings is 1. The maximum atomic E-state index is 12.5. The SMILES string of the molecule is NCCCCCCC(=O)N1CCN(C(=O)c2cc(Cl)cc(Cl)c2)CC1. The van der Waals surface area contributed by atoms with E-state index in [1.54, 1.807) is 23.1 Å². The number of nitrogens with zero attached hydrogens (tertiary/aromatic N) is 2. The Bertz CT molecular complexity index is 582. The van der Waals surface area contributed by atoms with Gasteiger partial charge in [0.1, 0.15) is 0 Å². The van der Waals surface area contributed by atoms with Crippen LogP contribution in [0.4, 0.5) is 0 Å². The first-order valence-corrected chi connectivity index (χ1v) is 9.50. The smallest absolute Gasteiger partial charge is 0.254 e. The third kappa shape index (κ3) is 6.17. The molecule has 2 rings (SSSR count). The van der Waals surface area contributed by atoms with Gasteiger partial charge in [0.2, 0.25) is 5.91 Å². The van der Waals surface area contributed by atoms with Crippen LogP contribution < -0.4 is 5.73 Å². The minimum Gasteiger partial charge on any atom is -0.339 e. The Kier molecular flexibility index (Phi) is 8.00. The average Bonchev–Trinajstić information content (AvgIpc) is 2.60. The molecule has 138 valence electrons. The number of carbonyl (C=O) groups is 2. The standard InChI is InChI=1S/C18H25Cl2N3O2/c19-15-11-14(12-16(20)13-15)18(25)23-9-7-22(8-10-23)17(24)5-3-1-2-4-6-21/h11-13H,1-10,21H2. The van der Waals surface area contributed by atoms with E-state index in [0.717, 1.165) is 25.7 Å². The summed E-state index contributed by atoms with van der Waals surface area (Å²) in [5.41, 5.74) is 5.94. The van der Waals surface area contributed by atoms with Crippen molar-refractivity contribution in [2.45, 2.75) is 32.1 Å². The van der Waals surface area contributed by atoms with E-state index in [4.69, 9.17) is 28.9 Å². The molecule has 0 bridgehead atoms. The normalized spacial score (nSPS) is 14.7. The minimum atomic E-state index is -0.0988. The lowest BCUT2D eigenvalue weighted by atomic mass is 10.1. The number of hydrogen-bond donors (Lipinski definition) is 1. The van der Waals surface area contributed by atoms with Gasteiger partial charge in [-0.15, -0.1) is 0 Å². The van der Waals surface area contributed by atoms with Crippen LogP contribution in [0, 0.1) is 0 Å². The Morgan fingerprint density at radius 2 is 1.44 bits per heavy atom. The van der Waals surface area contributed by atoms with Crippen molar-refractivity contribution in [2.75, 3.05) is 32.7 Å². The van der Waals surface area contributed by atoms with Gasteiger partial charge in [-0.2, -0.15) is 0 Å². The molecule has 1 saturated heterocycles. The molecule has 1 aliphatic heterocycles. The number of nitrogens with two attached hydrogens (primary N) is 1. The van der Waals surface area contributed by atoms with Gasteiger partial charge >= 0.3 is 0 Å². The van der Waals surface area contributed by atoms with Crippen molar-refractivity contribution in [3.8, 4) is 0 Å². The van der Waals surface area contributed by atoms with Gasteiger partial charge < -0.3 is 15.5 Å². The van der Waals surface area contributed by atoms with Crippen molar-refractivity contribution in [3.05, 3.63) is 33.8 Å². The van der Waals surface area contributed by atoms with Crippen LogP contribution in [0.25, 0.3) is 0 Å². The van der Waals surface area contributed by atoms with Gasteiger partial charge in [-0.3, -0.25) is 9.59 Å². The van der Waals surface area contributed by atoms with Crippen molar-refractivity contribution in [1.82, 2.24) is 9.80 Å². The summed E-state index contributed by atoms with van der Waals surface area (Å²) in [4.78, 5) is 28.4. The topological polar surface area (TPSA) is 66.6 Å². The largest absolute Gasteiger partial charge is 0.339 e. The molecule has 0 atom stereocenters. The van der Waals surface area contributed by atoms with Gasteiger partial charge in [-0.1, -0.05) is 36.0 Å². The van der Waals surface area contributed by atoms with E-state index in [0.29, 0.717) is 54.8 Å². The first-order valence-electron chi connectivity index (χ1n) is 8.74. The molecule has 1 aliphatic rings. The van der Waals surface area contributed by atoms with Crippen molar-refractivity contribution in [1.29, 1.82) is 0 Å². The van der Waals surface area contributed by atoms with Crippen LogP contribution in [-0.2, 0) is 4.79 Å². The number of carbonyl (C=O) groups excluding carboxylic acids is 2. The molecule has 0 spiro atoms. The highest BCUT2D eigenvalue weighted by Gasteiger charge is 2.24. The third-order valence-corrected chi connectivity index (χ3v) is 4.81. The molecular weight excluding hydrogens is 361 g/mol. The van der Waals surface area contributed by atoms with Crippen LogP contribution in [0.3, 0.4) is 0 Å². The predicted octanol–water partition coefficient (Wildman–Crippen LogP) is 3.19. The maximum absolute atomic E-state index is 12.5. The number of piperazine rings is 1. The lowest BCUT2D eigenvalue weighted by Crippen LogP contribution is -2.50. The Labute approximate surface area is 159 Å². The van der Waals surface area contributed by atoms with Crippen LogP contribution in [0.1, 0.15) is 42.5 Å². The van der Waals surface area contributed by atoms with Gasteiger partial charge in [0.15, 0.2) is 0 Å². The van der Waals surface area contributed by atoms with E-state index in [1.165, 1.54) is 0 Å². The summed E-state index contributed by atoms with van der Waals surface area (Å²) in [5, 5.41) is 0.888. The fourth-order valence-electron chi connectivity index (χ4n) is 2.95. The number of hydrogen-bond acceptors (Lipinski definition) is 3. The van der Waals surface area contributed by atoms with Gasteiger partial charge in [0.05, 0.1) is 0 Å². The van der Waals surface area contributed by atoms with Crippen molar-refractivity contribution in [2.24, 2.45) is 5.73 Å². The van der Waals surface area contributed by atoms with Crippen molar-refractivity contribution < 1.29 is 9.59 Å². The number of halogens is 2. The quantitative estimate of drug-likeness (QED) is 0.732. The molecule has 7 heteroatoms. The van der Waals surface area contributed by atoms with Crippen LogP contribution >= 0.6 is 23.2 Å². The van der Waals surface area contributed by atoms with Gasteiger partial charge in [0, 0.05) is 48.2 Å². The molecule has 0 unspecified atom stereocenters. The van der Waals surface area contributed by atoms with Crippen molar-refractivity contribution in [3.63, 3.8) is 0 Å². The first kappa shape index (κ1) is 20.0. The lowest BCUT2D eigenvalue weighted by molar-refractivity contribution is -0.132. The highest BCUT2D eigenvalue weighted by Crippen LogP contribution is 2.21. The zero-order chi connectivity index (χ0) is 18.2. The summed E-state index contributed by atoms with van der Waals surface area (Å²) in [7, 11) is 0. The van der Waals surface area contributed by atoms with E-state index in [-0.39, 0.29) is 11.8 Å². The molecule has 25 heavy (non-hydrogen) atoms. The first-order chi connectivity index (χ1) is 12.0. The summed E-state index contributed by atoms with van der Waals surface area (Å²) >= 11 is 11.9. The average molecular weight is 386 g/mol. The number of unbranched alkanes of at least 4 members (excludes halogenated alkanes) is 3. The van der Waals surface area contributed by atoms with Crippen molar-refractivity contribution >= 4 is 35.0 Å². The molecule has 2 amide bonds. The van der Waals surface area contributed by atoms with E-state index >= 15 is 0 Å². The molecule has 1 heterocycles. The van der Waals surface area contributed by atoms with Gasteiger partial charge in [-0.25, -0.2) is 0 Å². The summed E-state index contributed by atoms with van der Waals surface area (Å²) in [6, 6.07) is 4.84. The van der Waals surface area contributed by atoms with E-state index in [2.05, 4.69) is 0 Å². The Morgan fingerprint density at radius 1 is 0.880 bits per heavy atom. The molecule has 1 aromatic rings. The highest BCUT2D eigenvalue weighted by molar-refractivity contribution is 6.35. The fourth-order valence-corrected chi connectivity index (χ4v) is 3.48. The Balaban J connectivity index is 1.78. The Morgan fingerprint density at radius 3 is 2.04 bits per heavy atom. The molecule has 5 nitrogen and oxygen atoms in total. The number of amides is 2. The predicted molar refractivity (Wildman–Crippen MR) is 101 cm³/mol. The molecule has 1 aromatic carbocycles. The number of rotatable bonds is 7. The van der Waals surface area contributed by atoms with Gasteiger partial charge in [-0.05, 0) is 37.6 Å². The molecule has 0 saturated carbocycles. The van der Waals surface area contributed by atoms with Crippen LogP contribution in [0.5, 0.6) is 0 Å². The van der Waals surface area contributed by atoms with Crippen LogP contribution in [0.2, 0.25) is 10.0 Å². The third-order valence-electron chi connectivity index (χ3n) is 4.37. The molecule has 0 aliphatic carbocycles. The Hall–Kier alpha value is -1.30. The van der Waals surface area contributed by atoms with E-state index < -0.39 is 0 Å². The maximum Gasteiger partial charge on any atom is 0.254 e. The molecular formula is C18H25Cl2N3O2. The molecule has 0 radical (unpaired) electrons. The summed E-state index contributed by atoms with van der Waals surface area (Å²) in [6.07, 6.45) is 4.61. The zero-order valence-electron chi connectivity index (χ0n) is 14.3. The summed E-state index contributed by atoms with van der Waals surface area (Å²) in [6.45, 7) is 2.91. The monoisotopic (exact) mass is 385 g/mol. The lowest BCUT2D eigenvalue weighted by Gasteiger charge is -2.35. The second-order valence-corrected chi connectivity index (χ2v) is 7.16. The second-order valence-electron chi connectivity index (χ2n) is 6.28. The van der Waals surface area contributed by atoms with Gasteiger partial charge in [0.25, 0.3) is 5.91 Å². The molecule has 2 N–H and O–H groups in total.